The minimum absolute atomic E-state index is 0.194. The highest BCUT2D eigenvalue weighted by molar-refractivity contribution is 6.55. The van der Waals surface area contributed by atoms with Crippen LogP contribution in [-0.2, 0) is 4.79 Å². The molecule has 1 amide bonds. The quantitative estimate of drug-likeness (QED) is 0.670. The number of anilines is 1. The molecule has 0 aliphatic rings. The largest absolute Gasteiger partial charge is 0.326 e. The van der Waals surface area contributed by atoms with E-state index in [0.717, 1.165) is 5.56 Å². The van der Waals surface area contributed by atoms with E-state index in [9.17, 15) is 9.59 Å². The van der Waals surface area contributed by atoms with E-state index in [1.165, 1.54) is 6.92 Å². The molecule has 1 aromatic carbocycles. The van der Waals surface area contributed by atoms with Crippen molar-refractivity contribution in [3.05, 3.63) is 29.3 Å². The second-order valence-corrected chi connectivity index (χ2v) is 4.47. The second kappa shape index (κ2) is 5.32. The van der Waals surface area contributed by atoms with Crippen molar-refractivity contribution in [1.82, 2.24) is 0 Å². The lowest BCUT2D eigenvalue weighted by Gasteiger charge is -2.08. The number of alkyl halides is 2. The highest BCUT2D eigenvalue weighted by Crippen LogP contribution is 2.20. The second-order valence-electron chi connectivity index (χ2n) is 3.38. The molecule has 0 fully saturated rings. The average Bonchev–Trinajstić information content (AvgIpc) is 2.19. The van der Waals surface area contributed by atoms with Gasteiger partial charge in [-0.2, -0.15) is 0 Å². The molecule has 0 unspecified atom stereocenters. The molecule has 3 nitrogen and oxygen atoms in total. The van der Waals surface area contributed by atoms with Gasteiger partial charge in [0.1, 0.15) is 0 Å². The predicted octanol–water partition coefficient (Wildman–Crippen LogP) is 2.94. The Kier molecular flexibility index (Phi) is 4.33. The van der Waals surface area contributed by atoms with Gasteiger partial charge in [-0.15, -0.1) is 0 Å². The Bertz CT molecular complexity index is 430. The van der Waals surface area contributed by atoms with Gasteiger partial charge in [-0.25, -0.2) is 0 Å². The van der Waals surface area contributed by atoms with Gasteiger partial charge in [0.15, 0.2) is 10.6 Å². The first-order valence-electron chi connectivity index (χ1n) is 4.62. The van der Waals surface area contributed by atoms with Crippen LogP contribution in [0.2, 0.25) is 0 Å². The molecule has 0 aromatic heterocycles. The standard InChI is InChI=1S/C11H11Cl2NO2/c1-6-3-4-8(10(16)11(12)13)5-9(6)14-7(2)15/h3-5,11H,1-2H3,(H,14,15). The van der Waals surface area contributed by atoms with Crippen molar-refractivity contribution in [1.29, 1.82) is 0 Å². The molecule has 16 heavy (non-hydrogen) atoms. The van der Waals surface area contributed by atoms with E-state index in [1.54, 1.807) is 18.2 Å². The zero-order valence-corrected chi connectivity index (χ0v) is 10.4. The predicted molar refractivity (Wildman–Crippen MR) is 65.3 cm³/mol. The van der Waals surface area contributed by atoms with Gasteiger partial charge in [0, 0.05) is 18.2 Å². The van der Waals surface area contributed by atoms with Gasteiger partial charge in [0.2, 0.25) is 5.91 Å². The average molecular weight is 260 g/mol. The van der Waals surface area contributed by atoms with Crippen LogP contribution in [0.4, 0.5) is 5.69 Å². The fraction of sp³-hybridized carbons (Fsp3) is 0.273. The third-order valence-electron chi connectivity index (χ3n) is 2.03. The highest BCUT2D eigenvalue weighted by Gasteiger charge is 2.15. The summed E-state index contributed by atoms with van der Waals surface area (Å²) in [5.41, 5.74) is 1.84. The van der Waals surface area contributed by atoms with Crippen molar-refractivity contribution in [2.45, 2.75) is 18.7 Å². The van der Waals surface area contributed by atoms with Gasteiger partial charge in [-0.3, -0.25) is 9.59 Å². The Hall–Kier alpha value is -1.06. The number of benzene rings is 1. The zero-order valence-electron chi connectivity index (χ0n) is 8.88. The van der Waals surface area contributed by atoms with Crippen molar-refractivity contribution < 1.29 is 9.59 Å². The summed E-state index contributed by atoms with van der Waals surface area (Å²) in [6.45, 7) is 3.23. The molecule has 0 saturated heterocycles. The molecule has 1 aromatic rings. The third-order valence-corrected chi connectivity index (χ3v) is 2.43. The van der Waals surface area contributed by atoms with Crippen LogP contribution in [0.15, 0.2) is 18.2 Å². The monoisotopic (exact) mass is 259 g/mol. The summed E-state index contributed by atoms with van der Waals surface area (Å²) < 4.78 is 0. The molecular formula is C11H11Cl2NO2. The SMILES string of the molecule is CC(=O)Nc1cc(C(=O)C(Cl)Cl)ccc1C. The van der Waals surface area contributed by atoms with E-state index in [1.807, 2.05) is 6.92 Å². The number of hydrogen-bond acceptors (Lipinski definition) is 2. The van der Waals surface area contributed by atoms with Gasteiger partial charge < -0.3 is 5.32 Å². The Labute approximate surface area is 104 Å². The van der Waals surface area contributed by atoms with Crippen LogP contribution in [0, 0.1) is 6.92 Å². The Balaban J connectivity index is 3.07. The molecule has 0 spiro atoms. The topological polar surface area (TPSA) is 46.2 Å². The lowest BCUT2D eigenvalue weighted by molar-refractivity contribution is -0.114. The minimum atomic E-state index is -1.09. The molecular weight excluding hydrogens is 249 g/mol. The van der Waals surface area contributed by atoms with E-state index in [0.29, 0.717) is 11.3 Å². The van der Waals surface area contributed by atoms with Crippen molar-refractivity contribution in [2.24, 2.45) is 0 Å². The van der Waals surface area contributed by atoms with Crippen molar-refractivity contribution >= 4 is 40.6 Å². The number of carbonyl (C=O) groups excluding carboxylic acids is 2. The van der Waals surface area contributed by atoms with Crippen LogP contribution in [-0.4, -0.2) is 16.5 Å². The molecule has 0 atom stereocenters. The number of rotatable bonds is 3. The third kappa shape index (κ3) is 3.22. The number of Topliss-reactive ketones (excluding diaryl/α,β-unsaturated/α-hetero) is 1. The summed E-state index contributed by atoms with van der Waals surface area (Å²) in [6.07, 6.45) is 0. The van der Waals surface area contributed by atoms with Gasteiger partial charge in [-0.05, 0) is 18.6 Å². The van der Waals surface area contributed by atoms with Crippen molar-refractivity contribution in [3.63, 3.8) is 0 Å². The number of aryl methyl sites for hydroxylation is 1. The van der Waals surface area contributed by atoms with E-state index in [2.05, 4.69) is 5.32 Å². The summed E-state index contributed by atoms with van der Waals surface area (Å²) in [6, 6.07) is 4.92. The summed E-state index contributed by atoms with van der Waals surface area (Å²) in [4.78, 5) is 21.4. The number of nitrogens with one attached hydrogen (secondary N) is 1. The molecule has 0 bridgehead atoms. The molecule has 0 heterocycles. The van der Waals surface area contributed by atoms with Gasteiger partial charge in [-0.1, -0.05) is 35.3 Å². The first kappa shape index (κ1) is 13.0. The van der Waals surface area contributed by atoms with Crippen molar-refractivity contribution in [2.75, 3.05) is 5.32 Å². The number of ketones is 1. The fourth-order valence-corrected chi connectivity index (χ4v) is 1.48. The van der Waals surface area contributed by atoms with Crippen LogP contribution in [0.1, 0.15) is 22.8 Å². The molecule has 0 aliphatic carbocycles. The normalized spacial score (nSPS) is 10.3. The minimum Gasteiger partial charge on any atom is -0.326 e. The molecule has 5 heteroatoms. The summed E-state index contributed by atoms with van der Waals surface area (Å²) >= 11 is 11.0. The number of carbonyl (C=O) groups is 2. The van der Waals surface area contributed by atoms with E-state index < -0.39 is 4.84 Å². The summed E-state index contributed by atoms with van der Waals surface area (Å²) in [5.74, 6) is -0.573. The van der Waals surface area contributed by atoms with Crippen LogP contribution in [0.3, 0.4) is 0 Å². The van der Waals surface area contributed by atoms with E-state index in [4.69, 9.17) is 23.2 Å². The number of hydrogen-bond donors (Lipinski definition) is 1. The maximum absolute atomic E-state index is 11.5. The molecule has 1 rings (SSSR count). The Morgan fingerprint density at radius 1 is 1.31 bits per heavy atom. The summed E-state index contributed by atoms with van der Waals surface area (Å²) in [7, 11) is 0. The van der Waals surface area contributed by atoms with Crippen LogP contribution >= 0.6 is 23.2 Å². The number of amides is 1. The van der Waals surface area contributed by atoms with Crippen LogP contribution in [0.5, 0.6) is 0 Å². The first-order chi connectivity index (χ1) is 7.41. The van der Waals surface area contributed by atoms with Gasteiger partial charge >= 0.3 is 0 Å². The van der Waals surface area contributed by atoms with E-state index >= 15 is 0 Å². The Morgan fingerprint density at radius 2 is 1.94 bits per heavy atom. The van der Waals surface area contributed by atoms with Crippen LogP contribution < -0.4 is 5.32 Å². The lowest BCUT2D eigenvalue weighted by atomic mass is 10.1. The van der Waals surface area contributed by atoms with Crippen molar-refractivity contribution in [3.8, 4) is 0 Å². The highest BCUT2D eigenvalue weighted by atomic mass is 35.5. The maximum Gasteiger partial charge on any atom is 0.221 e. The molecule has 1 N–H and O–H groups in total. The zero-order chi connectivity index (χ0) is 12.3. The molecule has 0 aliphatic heterocycles. The van der Waals surface area contributed by atoms with Gasteiger partial charge in [0.25, 0.3) is 0 Å². The first-order valence-corrected chi connectivity index (χ1v) is 5.49. The molecule has 86 valence electrons. The summed E-state index contributed by atoms with van der Waals surface area (Å²) in [5, 5.41) is 2.63. The molecule has 0 saturated carbocycles. The van der Waals surface area contributed by atoms with Gasteiger partial charge in [0.05, 0.1) is 0 Å². The lowest BCUT2D eigenvalue weighted by Crippen LogP contribution is -2.11. The molecule has 0 radical (unpaired) electrons. The maximum atomic E-state index is 11.5. The number of halogens is 2. The van der Waals surface area contributed by atoms with E-state index in [-0.39, 0.29) is 11.7 Å². The fourth-order valence-electron chi connectivity index (χ4n) is 1.23. The smallest absolute Gasteiger partial charge is 0.221 e. The Morgan fingerprint density at radius 3 is 2.44 bits per heavy atom. The van der Waals surface area contributed by atoms with Crippen LogP contribution in [0.25, 0.3) is 0 Å².